The first-order chi connectivity index (χ1) is 15.0. The highest BCUT2D eigenvalue weighted by Crippen LogP contribution is 2.17. The molecule has 0 radical (unpaired) electrons. The van der Waals surface area contributed by atoms with Crippen molar-refractivity contribution in [3.05, 3.63) is 76.1 Å². The first-order valence-corrected chi connectivity index (χ1v) is 10.3. The second kappa shape index (κ2) is 9.36. The molecular formula is C23H25FN4O3. The Morgan fingerprint density at radius 2 is 1.94 bits per heavy atom. The molecule has 1 aliphatic rings. The predicted molar refractivity (Wildman–Crippen MR) is 115 cm³/mol. The van der Waals surface area contributed by atoms with E-state index in [1.165, 1.54) is 23.0 Å². The van der Waals surface area contributed by atoms with E-state index in [9.17, 15) is 14.0 Å². The van der Waals surface area contributed by atoms with Gasteiger partial charge in [0.1, 0.15) is 12.4 Å². The van der Waals surface area contributed by atoms with Gasteiger partial charge in [0.2, 0.25) is 5.91 Å². The Balaban J connectivity index is 1.53. The number of halogens is 1. The summed E-state index contributed by atoms with van der Waals surface area (Å²) in [5.41, 5.74) is 2.09. The van der Waals surface area contributed by atoms with E-state index in [2.05, 4.69) is 15.2 Å². The zero-order valence-electron chi connectivity index (χ0n) is 17.4. The van der Waals surface area contributed by atoms with E-state index in [0.29, 0.717) is 25.3 Å². The molecule has 0 bridgehead atoms. The van der Waals surface area contributed by atoms with Crippen molar-refractivity contribution in [1.29, 1.82) is 0 Å². The number of hydrogen-bond acceptors (Lipinski definition) is 5. The van der Waals surface area contributed by atoms with E-state index in [-0.39, 0.29) is 23.9 Å². The molecule has 4 rings (SSSR count). The van der Waals surface area contributed by atoms with Gasteiger partial charge in [0.05, 0.1) is 36.5 Å². The second-order valence-corrected chi connectivity index (χ2v) is 7.78. The van der Waals surface area contributed by atoms with Crippen molar-refractivity contribution in [2.75, 3.05) is 32.8 Å². The fourth-order valence-electron chi connectivity index (χ4n) is 3.71. The van der Waals surface area contributed by atoms with Crippen LogP contribution in [0.4, 0.5) is 4.39 Å². The third kappa shape index (κ3) is 5.15. The molecule has 1 N–H and O–H groups in total. The summed E-state index contributed by atoms with van der Waals surface area (Å²) in [4.78, 5) is 31.9. The smallest absolute Gasteiger partial charge is 0.261 e. The van der Waals surface area contributed by atoms with Crippen molar-refractivity contribution >= 4 is 16.8 Å². The first kappa shape index (κ1) is 21.1. The van der Waals surface area contributed by atoms with Crippen LogP contribution in [-0.4, -0.2) is 53.2 Å². The number of nitrogens with one attached hydrogen (secondary N) is 1. The molecule has 1 saturated heterocycles. The average molecular weight is 424 g/mol. The Kier molecular flexibility index (Phi) is 6.39. The number of benzene rings is 2. The number of fused-ring (bicyclic) bond motifs is 1. The second-order valence-electron chi connectivity index (χ2n) is 7.78. The summed E-state index contributed by atoms with van der Waals surface area (Å²) >= 11 is 0. The predicted octanol–water partition coefficient (Wildman–Crippen LogP) is 2.03. The number of carbonyl (C=O) groups is 1. The zero-order chi connectivity index (χ0) is 21.8. The van der Waals surface area contributed by atoms with Gasteiger partial charge in [0.15, 0.2) is 0 Å². The lowest BCUT2D eigenvalue weighted by Crippen LogP contribution is -2.44. The van der Waals surface area contributed by atoms with Gasteiger partial charge in [0, 0.05) is 19.6 Å². The largest absolute Gasteiger partial charge is 0.379 e. The highest BCUT2D eigenvalue weighted by molar-refractivity contribution is 5.79. The van der Waals surface area contributed by atoms with Gasteiger partial charge in [-0.25, -0.2) is 9.37 Å². The standard InChI is InChI=1S/C23H25FN4O3/c1-16-2-4-17(5-3-16)21(13-27-8-10-31-11-9-27)26-22(29)14-28-15-25-20-7-6-18(24)12-19(20)23(28)30/h2-7,12,15,21H,8-11,13-14H2,1H3,(H,26,29). The zero-order valence-corrected chi connectivity index (χ0v) is 17.4. The summed E-state index contributed by atoms with van der Waals surface area (Å²) in [6.07, 6.45) is 1.32. The molecule has 1 unspecified atom stereocenters. The highest BCUT2D eigenvalue weighted by atomic mass is 19.1. The van der Waals surface area contributed by atoms with Gasteiger partial charge in [0.25, 0.3) is 5.56 Å². The number of hydrogen-bond donors (Lipinski definition) is 1. The Morgan fingerprint density at radius 1 is 1.19 bits per heavy atom. The van der Waals surface area contributed by atoms with Gasteiger partial charge < -0.3 is 10.1 Å². The maximum absolute atomic E-state index is 13.6. The molecule has 1 aromatic heterocycles. The van der Waals surface area contributed by atoms with Gasteiger partial charge in [-0.1, -0.05) is 29.8 Å². The van der Waals surface area contributed by atoms with Crippen LogP contribution < -0.4 is 10.9 Å². The summed E-state index contributed by atoms with van der Waals surface area (Å²) in [5.74, 6) is -0.822. The topological polar surface area (TPSA) is 76.5 Å². The van der Waals surface area contributed by atoms with Crippen LogP contribution in [0.3, 0.4) is 0 Å². The molecule has 1 amide bonds. The van der Waals surface area contributed by atoms with Gasteiger partial charge >= 0.3 is 0 Å². The lowest BCUT2D eigenvalue weighted by molar-refractivity contribution is -0.122. The molecule has 0 aliphatic carbocycles. The van der Waals surface area contributed by atoms with Crippen molar-refractivity contribution in [3.8, 4) is 0 Å². The van der Waals surface area contributed by atoms with Crippen LogP contribution in [0.25, 0.3) is 10.9 Å². The van der Waals surface area contributed by atoms with Gasteiger partial charge in [-0.15, -0.1) is 0 Å². The van der Waals surface area contributed by atoms with Crippen molar-refractivity contribution in [2.45, 2.75) is 19.5 Å². The molecule has 0 spiro atoms. The fraction of sp³-hybridized carbons (Fsp3) is 0.348. The van der Waals surface area contributed by atoms with Crippen molar-refractivity contribution in [1.82, 2.24) is 19.8 Å². The number of rotatable bonds is 6. The summed E-state index contributed by atoms with van der Waals surface area (Å²) in [6.45, 7) is 5.42. The van der Waals surface area contributed by atoms with E-state index in [1.54, 1.807) is 0 Å². The van der Waals surface area contributed by atoms with Crippen LogP contribution in [0.15, 0.2) is 53.6 Å². The molecule has 8 heteroatoms. The Morgan fingerprint density at radius 3 is 2.68 bits per heavy atom. The fourth-order valence-corrected chi connectivity index (χ4v) is 3.71. The number of carbonyl (C=O) groups excluding carboxylic acids is 1. The van der Waals surface area contributed by atoms with Crippen molar-refractivity contribution < 1.29 is 13.9 Å². The number of morpholine rings is 1. The number of amides is 1. The van der Waals surface area contributed by atoms with Crippen LogP contribution in [0.1, 0.15) is 17.2 Å². The monoisotopic (exact) mass is 424 g/mol. The van der Waals surface area contributed by atoms with Crippen LogP contribution in [0, 0.1) is 12.7 Å². The van der Waals surface area contributed by atoms with Crippen LogP contribution >= 0.6 is 0 Å². The van der Waals surface area contributed by atoms with Gasteiger partial charge in [-0.2, -0.15) is 0 Å². The Bertz CT molecular complexity index is 1120. The molecule has 2 heterocycles. The minimum absolute atomic E-state index is 0.152. The molecular weight excluding hydrogens is 399 g/mol. The van der Waals surface area contributed by atoms with E-state index in [1.807, 2.05) is 31.2 Å². The van der Waals surface area contributed by atoms with Gasteiger partial charge in [-0.05, 0) is 30.7 Å². The summed E-state index contributed by atoms with van der Waals surface area (Å²) in [7, 11) is 0. The Hall–Kier alpha value is -3.10. The van der Waals surface area contributed by atoms with Gasteiger partial charge in [-0.3, -0.25) is 19.1 Å². The molecule has 1 aliphatic heterocycles. The Labute approximate surface area is 179 Å². The third-order valence-electron chi connectivity index (χ3n) is 5.46. The highest BCUT2D eigenvalue weighted by Gasteiger charge is 2.21. The van der Waals surface area contributed by atoms with E-state index < -0.39 is 11.4 Å². The summed E-state index contributed by atoms with van der Waals surface area (Å²) in [6, 6.07) is 11.7. The normalized spacial score (nSPS) is 15.7. The van der Waals surface area contributed by atoms with Crippen LogP contribution in [0.5, 0.6) is 0 Å². The molecule has 162 valence electrons. The maximum atomic E-state index is 13.6. The number of aromatic nitrogens is 2. The lowest BCUT2D eigenvalue weighted by atomic mass is 10.0. The number of nitrogens with zero attached hydrogens (tertiary/aromatic N) is 3. The molecule has 0 saturated carbocycles. The summed E-state index contributed by atoms with van der Waals surface area (Å²) < 4.78 is 20.2. The molecule has 2 aromatic carbocycles. The molecule has 3 aromatic rings. The molecule has 7 nitrogen and oxygen atoms in total. The van der Waals surface area contributed by atoms with E-state index >= 15 is 0 Å². The average Bonchev–Trinajstić information content (AvgIpc) is 2.77. The van der Waals surface area contributed by atoms with E-state index in [4.69, 9.17) is 4.74 Å². The maximum Gasteiger partial charge on any atom is 0.261 e. The summed E-state index contributed by atoms with van der Waals surface area (Å²) in [5, 5.41) is 3.20. The molecule has 1 atom stereocenters. The third-order valence-corrected chi connectivity index (χ3v) is 5.46. The lowest BCUT2D eigenvalue weighted by Gasteiger charge is -2.31. The minimum Gasteiger partial charge on any atom is -0.379 e. The molecule has 1 fully saturated rings. The van der Waals surface area contributed by atoms with Crippen LogP contribution in [0.2, 0.25) is 0 Å². The molecule has 31 heavy (non-hydrogen) atoms. The first-order valence-electron chi connectivity index (χ1n) is 10.3. The van der Waals surface area contributed by atoms with Crippen molar-refractivity contribution in [3.63, 3.8) is 0 Å². The van der Waals surface area contributed by atoms with Crippen molar-refractivity contribution in [2.24, 2.45) is 0 Å². The number of ether oxygens (including phenoxy) is 1. The SMILES string of the molecule is Cc1ccc(C(CN2CCOCC2)NC(=O)Cn2cnc3ccc(F)cc3c2=O)cc1. The minimum atomic E-state index is -0.515. The van der Waals surface area contributed by atoms with E-state index in [0.717, 1.165) is 30.3 Å². The van der Waals surface area contributed by atoms with Crippen LogP contribution in [-0.2, 0) is 16.1 Å². The number of aryl methyl sites for hydroxylation is 1. The quantitative estimate of drug-likeness (QED) is 0.655.